The van der Waals surface area contributed by atoms with E-state index < -0.39 is 277 Å². The fourth-order valence-electron chi connectivity index (χ4n) is 11.0. The number of carboxylic acid groups (broad SMARTS) is 2. The molecule has 0 bridgehead atoms. The molecule has 6 aliphatic heterocycles. The predicted molar refractivity (Wildman–Crippen MR) is 268 cm³/mol. The summed E-state index contributed by atoms with van der Waals surface area (Å²) in [6.45, 7) is -4.43. The van der Waals surface area contributed by atoms with Crippen LogP contribution >= 0.6 is 0 Å². The minimum absolute atomic E-state index is 0.854. The van der Waals surface area contributed by atoms with Gasteiger partial charge in [0.25, 0.3) is 11.6 Å². The molecule has 0 saturated carbocycles. The van der Waals surface area contributed by atoms with Crippen molar-refractivity contribution in [3.05, 3.63) is 0 Å². The Hall–Kier alpha value is -3.85. The van der Waals surface area contributed by atoms with Crippen LogP contribution in [-0.4, -0.2) is 372 Å². The van der Waals surface area contributed by atoms with Gasteiger partial charge < -0.3 is 175 Å². The van der Waals surface area contributed by atoms with E-state index in [1.807, 2.05) is 0 Å². The van der Waals surface area contributed by atoms with E-state index in [2.05, 4.69) is 16.0 Å². The van der Waals surface area contributed by atoms with Crippen LogP contribution in [0.2, 0.25) is 0 Å². The minimum Gasteiger partial charge on any atom is -0.477 e. The number of rotatable bonds is 25. The minimum atomic E-state index is -3.34. The summed E-state index contributed by atoms with van der Waals surface area (Å²) in [5, 5.41) is 234. The molecule has 6 saturated heterocycles. The second-order valence-corrected chi connectivity index (χ2v) is 21.9. The van der Waals surface area contributed by atoms with Gasteiger partial charge in [-0.2, -0.15) is 0 Å². The Morgan fingerprint density at radius 3 is 1.32 bits per heavy atom. The largest absolute Gasteiger partial charge is 0.477 e. The zero-order valence-electron chi connectivity index (χ0n) is 46.9. The summed E-state index contributed by atoms with van der Waals surface area (Å²) in [7, 11) is 0. The lowest BCUT2D eigenvalue weighted by molar-refractivity contribution is -0.391. The number of carbonyl (C=O) groups is 5. The summed E-state index contributed by atoms with van der Waals surface area (Å²) in [5.74, 6) is -13.7. The van der Waals surface area contributed by atoms with Crippen LogP contribution in [0.25, 0.3) is 0 Å². The first-order valence-corrected chi connectivity index (χ1v) is 27.4. The Morgan fingerprint density at radius 1 is 0.466 bits per heavy atom. The van der Waals surface area contributed by atoms with Crippen molar-refractivity contribution in [3.63, 3.8) is 0 Å². The Labute approximate surface area is 496 Å². The number of carboxylic acids is 2. The molecule has 0 aromatic rings. The topological polar surface area (TPSA) is 648 Å². The van der Waals surface area contributed by atoms with Crippen LogP contribution in [-0.2, 0) is 76.1 Å². The predicted octanol–water partition coefficient (Wildman–Crippen LogP) is -15.3. The lowest BCUT2D eigenvalue weighted by Gasteiger charge is -2.52. The van der Waals surface area contributed by atoms with Gasteiger partial charge in [-0.1, -0.05) is 0 Å². The molecule has 6 heterocycles. The molecule has 32 atom stereocenters. The molecule has 6 rings (SSSR count). The third-order valence-electron chi connectivity index (χ3n) is 15.6. The van der Waals surface area contributed by atoms with Crippen LogP contribution in [0.4, 0.5) is 0 Å². The first-order chi connectivity index (χ1) is 41.2. The third kappa shape index (κ3) is 15.8. The van der Waals surface area contributed by atoms with Gasteiger partial charge in [-0.3, -0.25) is 14.4 Å². The van der Waals surface area contributed by atoms with E-state index in [0.717, 1.165) is 20.8 Å². The zero-order valence-corrected chi connectivity index (χ0v) is 46.9. The molecule has 24 N–H and O–H groups in total. The first kappa shape index (κ1) is 73.2. The van der Waals surface area contributed by atoms with Crippen molar-refractivity contribution in [3.8, 4) is 0 Å². The number of aliphatic hydroxyl groups is 19. The van der Waals surface area contributed by atoms with Crippen molar-refractivity contribution in [2.45, 2.75) is 229 Å². The maximum absolute atomic E-state index is 13.3. The number of ether oxygens (including phenoxy) is 11. The van der Waals surface area contributed by atoms with Crippen molar-refractivity contribution >= 4 is 29.7 Å². The summed E-state index contributed by atoms with van der Waals surface area (Å²) in [4.78, 5) is 64.1. The number of aliphatic hydroxyl groups excluding tert-OH is 19. The fraction of sp³-hybridized carbons (Fsp3) is 0.896. The fourth-order valence-corrected chi connectivity index (χ4v) is 11.0. The van der Waals surface area contributed by atoms with E-state index in [4.69, 9.17) is 52.1 Å². The summed E-state index contributed by atoms with van der Waals surface area (Å²) in [6, 6.07) is -5.63. The number of nitrogens with one attached hydrogen (secondary N) is 3. The lowest BCUT2D eigenvalue weighted by Crippen LogP contribution is -2.72. The van der Waals surface area contributed by atoms with Crippen LogP contribution in [0.5, 0.6) is 0 Å². The normalized spacial score (nSPS) is 44.6. The van der Waals surface area contributed by atoms with E-state index in [1.165, 1.54) is 0 Å². The Morgan fingerprint density at radius 2 is 0.864 bits per heavy atom. The van der Waals surface area contributed by atoms with Crippen LogP contribution in [0.15, 0.2) is 0 Å². The lowest BCUT2D eigenvalue weighted by atomic mass is 9.88. The van der Waals surface area contributed by atoms with Crippen molar-refractivity contribution in [2.75, 3.05) is 39.6 Å². The molecule has 6 aliphatic rings. The molecule has 0 aliphatic carbocycles. The average Bonchev–Trinajstić information content (AvgIpc) is 0.809. The highest BCUT2D eigenvalue weighted by Gasteiger charge is 2.63. The molecule has 0 aromatic heterocycles. The van der Waals surface area contributed by atoms with E-state index in [0.29, 0.717) is 0 Å². The Kier molecular flexibility index (Phi) is 25.6. The molecule has 88 heavy (non-hydrogen) atoms. The van der Waals surface area contributed by atoms with Gasteiger partial charge in [0.2, 0.25) is 17.7 Å². The zero-order chi connectivity index (χ0) is 65.8. The molecule has 40 heteroatoms. The van der Waals surface area contributed by atoms with Gasteiger partial charge in [0, 0.05) is 33.6 Å². The van der Waals surface area contributed by atoms with Gasteiger partial charge in [0.15, 0.2) is 25.2 Å². The molecule has 3 amide bonds. The number of hydrogen-bond donors (Lipinski definition) is 24. The van der Waals surface area contributed by atoms with Gasteiger partial charge in [-0.15, -0.1) is 0 Å². The summed E-state index contributed by atoms with van der Waals surface area (Å²) < 4.78 is 63.1. The molecule has 0 aromatic carbocycles. The van der Waals surface area contributed by atoms with Crippen molar-refractivity contribution in [1.82, 2.24) is 16.0 Å². The summed E-state index contributed by atoms with van der Waals surface area (Å²) in [5.41, 5.74) is 0. The number of amides is 3. The molecule has 0 radical (unpaired) electrons. The Balaban J connectivity index is 1.43. The Bertz CT molecular complexity index is 2320. The van der Waals surface area contributed by atoms with Crippen LogP contribution < -0.4 is 16.0 Å². The summed E-state index contributed by atoms with van der Waals surface area (Å²) >= 11 is 0. The molecular weight excluding hydrogens is 1210 g/mol. The highest BCUT2D eigenvalue weighted by atomic mass is 16.8. The maximum Gasteiger partial charge on any atom is 0.364 e. The first-order valence-electron chi connectivity index (χ1n) is 27.4. The third-order valence-corrected chi connectivity index (χ3v) is 15.6. The van der Waals surface area contributed by atoms with Crippen molar-refractivity contribution in [2.24, 2.45) is 0 Å². The van der Waals surface area contributed by atoms with Crippen LogP contribution in [0.1, 0.15) is 33.6 Å². The average molecular weight is 1290 g/mol. The molecule has 40 nitrogen and oxygen atoms in total. The maximum atomic E-state index is 13.3. The van der Waals surface area contributed by atoms with Crippen molar-refractivity contribution in [1.29, 1.82) is 0 Å². The second-order valence-electron chi connectivity index (χ2n) is 21.9. The number of aliphatic carboxylic acids is 2. The van der Waals surface area contributed by atoms with E-state index in [9.17, 15) is 131 Å². The van der Waals surface area contributed by atoms with Crippen LogP contribution in [0, 0.1) is 0 Å². The molecule has 508 valence electrons. The van der Waals surface area contributed by atoms with E-state index in [-0.39, 0.29) is 0 Å². The smallest absolute Gasteiger partial charge is 0.364 e. The quantitative estimate of drug-likeness (QED) is 0.0404. The number of carbonyl (C=O) groups excluding carboxylic acids is 3. The summed E-state index contributed by atoms with van der Waals surface area (Å²) in [6.07, 6.45) is -62.1. The van der Waals surface area contributed by atoms with Crippen molar-refractivity contribution < 1.29 is 183 Å². The molecular formula is C48H79N3O37. The highest BCUT2D eigenvalue weighted by Crippen LogP contribution is 2.41. The number of hydrogen-bond acceptors (Lipinski definition) is 35. The van der Waals surface area contributed by atoms with Gasteiger partial charge in [-0.25, -0.2) is 9.59 Å². The standard InChI is InChI=1S/C48H79N3O37/c1-12(57)49-23-15(60)4-47(45(74)75,86-37(23)26(64)17(62)6-52)78-11-22-30(68)36(25(51-14(3)59)42(82-22)85-39-28(66)19(8-54)80-43(33(39)71)83-35-21(10-56)79-41(73)32(70)31(35)69)84-44-34(72)40(29(67)20(9-55)81-44)88-48(46(76)77)5-16(61)24(50-13(2)58)38(87-48)27(65)18(63)7-53/h15-44,52-56,60-73H,4-11H2,1-3H3,(H,49,57)(H,50,58)(H,51,59)(H,74,75)(H,76,77)/t15-,16-,17+,18+,19+,20+,21+,22+,23+,24+,25+,26+,27+,28-,29-,30+,31+,32+,33+,34+,35+,36+,37+,38+,39-,40-,41+,42-,43-,44-,47+,48-/m0/s1. The second kappa shape index (κ2) is 30.7. The van der Waals surface area contributed by atoms with Gasteiger partial charge in [0.05, 0.1) is 63.9 Å². The highest BCUT2D eigenvalue weighted by molar-refractivity contribution is 5.77. The van der Waals surface area contributed by atoms with E-state index in [1.54, 1.807) is 0 Å². The SMILES string of the molecule is CC(=O)N[C@H]1[C@H](O[C@H]2[C@@H](O)[C@@H](CO)O[C@@H](O[C@H]3[C@H](O)[C@@H](O)[C@H](O)O[C@@H]3CO)[C@@H]2O)O[C@H](CO[C@]2(C(=O)O)C[C@H](O)[C@@H](NC(C)=O)[C@H]([C@H](O)[C@H](O)CO)O2)[C@@H](O)[C@@H]1O[C@@H]1O[C@H](CO)[C@H](O)[C@H](O[C@]2(C(=O)O)C[C@H](O)[C@@H](NC(C)=O)[C@H]([C@H](O)[C@H](O)CO)O2)[C@H]1O. The van der Waals surface area contributed by atoms with Gasteiger partial charge >= 0.3 is 11.9 Å². The van der Waals surface area contributed by atoms with E-state index >= 15 is 0 Å². The molecule has 0 spiro atoms. The van der Waals surface area contributed by atoms with Crippen LogP contribution in [0.3, 0.4) is 0 Å². The van der Waals surface area contributed by atoms with Gasteiger partial charge in [-0.05, 0) is 0 Å². The molecule has 0 unspecified atom stereocenters. The molecule has 6 fully saturated rings. The monoisotopic (exact) mass is 1290 g/mol. The van der Waals surface area contributed by atoms with Gasteiger partial charge in [0.1, 0.15) is 134 Å².